The minimum absolute atomic E-state index is 0.0264. The molecule has 3 aromatic carbocycles. The van der Waals surface area contributed by atoms with Gasteiger partial charge in [0.2, 0.25) is 0 Å². The van der Waals surface area contributed by atoms with E-state index < -0.39 is 4.92 Å². The lowest BCUT2D eigenvalue weighted by Gasteiger charge is -2.12. The van der Waals surface area contributed by atoms with Crippen LogP contribution in [0.1, 0.15) is 11.1 Å². The fraction of sp³-hybridized carbons (Fsp3) is 0.143. The second kappa shape index (κ2) is 7.70. The molecule has 5 nitrogen and oxygen atoms in total. The normalized spacial score (nSPS) is 10.4. The minimum Gasteiger partial charge on any atom is -0.497 e. The first-order chi connectivity index (χ1) is 12.6. The van der Waals surface area contributed by atoms with E-state index in [9.17, 15) is 10.1 Å². The fourth-order valence-electron chi connectivity index (χ4n) is 2.60. The summed E-state index contributed by atoms with van der Waals surface area (Å²) < 4.78 is 11.1. The van der Waals surface area contributed by atoms with Gasteiger partial charge in [-0.15, -0.1) is 0 Å². The number of hydrogen-bond donors (Lipinski definition) is 0. The Kier molecular flexibility index (Phi) is 5.17. The fourth-order valence-corrected chi connectivity index (χ4v) is 2.60. The maximum absolute atomic E-state index is 11.2. The van der Waals surface area contributed by atoms with Crippen molar-refractivity contribution in [2.45, 2.75) is 13.5 Å². The van der Waals surface area contributed by atoms with Crippen molar-refractivity contribution in [2.24, 2.45) is 0 Å². The van der Waals surface area contributed by atoms with Crippen LogP contribution >= 0.6 is 0 Å². The predicted octanol–water partition coefficient (Wildman–Crippen LogP) is 5.16. The lowest BCUT2D eigenvalue weighted by molar-refractivity contribution is -0.384. The first-order valence-corrected chi connectivity index (χ1v) is 8.18. The van der Waals surface area contributed by atoms with Crippen LogP contribution in [0.3, 0.4) is 0 Å². The van der Waals surface area contributed by atoms with E-state index in [0.717, 1.165) is 16.9 Å². The maximum Gasteiger partial charge on any atom is 0.270 e. The average Bonchev–Trinajstić information content (AvgIpc) is 2.67. The Labute approximate surface area is 152 Å². The summed E-state index contributed by atoms with van der Waals surface area (Å²) in [6, 6.07) is 20.1. The topological polar surface area (TPSA) is 61.6 Å². The van der Waals surface area contributed by atoms with Gasteiger partial charge in [-0.05, 0) is 36.2 Å². The molecule has 0 atom stereocenters. The van der Waals surface area contributed by atoms with Crippen LogP contribution in [0.25, 0.3) is 11.1 Å². The molecule has 5 heteroatoms. The molecular formula is C21H19NO4. The predicted molar refractivity (Wildman–Crippen MR) is 101 cm³/mol. The first-order valence-electron chi connectivity index (χ1n) is 8.18. The van der Waals surface area contributed by atoms with E-state index in [1.165, 1.54) is 17.7 Å². The van der Waals surface area contributed by atoms with Crippen LogP contribution < -0.4 is 9.47 Å². The zero-order valence-electron chi connectivity index (χ0n) is 14.6. The lowest BCUT2D eigenvalue weighted by Crippen LogP contribution is -1.98. The molecule has 0 heterocycles. The Hall–Kier alpha value is -3.34. The van der Waals surface area contributed by atoms with Crippen molar-refractivity contribution in [1.29, 1.82) is 0 Å². The number of aryl methyl sites for hydroxylation is 1. The summed E-state index contributed by atoms with van der Waals surface area (Å²) in [7, 11) is 1.60. The number of ether oxygens (including phenoxy) is 2. The monoisotopic (exact) mass is 349 g/mol. The molecule has 0 saturated heterocycles. The minimum atomic E-state index is -0.406. The molecular weight excluding hydrogens is 330 g/mol. The molecule has 0 radical (unpaired) electrons. The van der Waals surface area contributed by atoms with Crippen molar-refractivity contribution in [3.05, 3.63) is 88.0 Å². The van der Waals surface area contributed by atoms with Crippen molar-refractivity contribution >= 4 is 5.69 Å². The summed E-state index contributed by atoms with van der Waals surface area (Å²) in [5, 5.41) is 11.2. The van der Waals surface area contributed by atoms with Gasteiger partial charge < -0.3 is 9.47 Å². The largest absolute Gasteiger partial charge is 0.497 e. The van der Waals surface area contributed by atoms with Crippen molar-refractivity contribution in [1.82, 2.24) is 0 Å². The first kappa shape index (κ1) is 17.5. The Balaban J connectivity index is 1.92. The number of nitro groups is 1. The third-order valence-electron chi connectivity index (χ3n) is 4.09. The van der Waals surface area contributed by atoms with Gasteiger partial charge >= 0.3 is 0 Å². The molecule has 0 aliphatic heterocycles. The summed E-state index contributed by atoms with van der Waals surface area (Å²) in [5.41, 5.74) is 3.75. The van der Waals surface area contributed by atoms with Crippen molar-refractivity contribution < 1.29 is 14.4 Å². The third kappa shape index (κ3) is 4.00. The van der Waals surface area contributed by atoms with Crippen molar-refractivity contribution in [3.8, 4) is 22.6 Å². The molecule has 0 bridgehead atoms. The highest BCUT2D eigenvalue weighted by molar-refractivity contribution is 5.73. The van der Waals surface area contributed by atoms with E-state index in [1.54, 1.807) is 13.2 Å². The average molecular weight is 349 g/mol. The number of non-ortho nitro benzene ring substituents is 1. The van der Waals surface area contributed by atoms with Crippen LogP contribution in [0.15, 0.2) is 66.7 Å². The van der Waals surface area contributed by atoms with Gasteiger partial charge in [0.15, 0.2) is 0 Å². The summed E-state index contributed by atoms with van der Waals surface area (Å²) in [5.74, 6) is 1.32. The standard InChI is InChI=1S/C21H19NO4/c1-15-3-5-16(6-4-15)14-26-21-12-9-18(22(23)24)13-20(21)17-7-10-19(25-2)11-8-17/h3-13H,14H2,1-2H3. The molecule has 0 aliphatic carbocycles. The number of nitro benzene ring substituents is 1. The van der Waals surface area contributed by atoms with Crippen molar-refractivity contribution in [2.75, 3.05) is 7.11 Å². The van der Waals surface area contributed by atoms with E-state index in [0.29, 0.717) is 17.9 Å². The van der Waals surface area contributed by atoms with Gasteiger partial charge in [0.05, 0.1) is 12.0 Å². The smallest absolute Gasteiger partial charge is 0.270 e. The molecule has 0 spiro atoms. The molecule has 0 saturated carbocycles. The van der Waals surface area contributed by atoms with Crippen LogP contribution in [0.5, 0.6) is 11.5 Å². The van der Waals surface area contributed by atoms with Crippen LogP contribution in [0.4, 0.5) is 5.69 Å². The van der Waals surface area contributed by atoms with Gasteiger partial charge in [-0.1, -0.05) is 42.0 Å². The molecule has 26 heavy (non-hydrogen) atoms. The van der Waals surface area contributed by atoms with E-state index >= 15 is 0 Å². The quantitative estimate of drug-likeness (QED) is 0.456. The highest BCUT2D eigenvalue weighted by atomic mass is 16.6. The zero-order chi connectivity index (χ0) is 18.5. The Bertz CT molecular complexity index is 902. The number of benzene rings is 3. The maximum atomic E-state index is 11.2. The molecule has 0 unspecified atom stereocenters. The summed E-state index contributed by atoms with van der Waals surface area (Å²) in [4.78, 5) is 10.7. The molecule has 0 N–H and O–H groups in total. The Morgan fingerprint density at radius 2 is 1.65 bits per heavy atom. The molecule has 3 rings (SSSR count). The Morgan fingerprint density at radius 3 is 2.27 bits per heavy atom. The van der Waals surface area contributed by atoms with Gasteiger partial charge in [0.1, 0.15) is 18.1 Å². The van der Waals surface area contributed by atoms with Crippen LogP contribution in [-0.4, -0.2) is 12.0 Å². The van der Waals surface area contributed by atoms with E-state index in [2.05, 4.69) is 0 Å². The zero-order valence-corrected chi connectivity index (χ0v) is 14.6. The van der Waals surface area contributed by atoms with Gasteiger partial charge in [-0.3, -0.25) is 10.1 Å². The third-order valence-corrected chi connectivity index (χ3v) is 4.09. The summed E-state index contributed by atoms with van der Waals surface area (Å²) in [6.45, 7) is 2.42. The highest BCUT2D eigenvalue weighted by Crippen LogP contribution is 2.34. The van der Waals surface area contributed by atoms with E-state index in [1.807, 2.05) is 55.5 Å². The van der Waals surface area contributed by atoms with Crippen LogP contribution in [0, 0.1) is 17.0 Å². The Morgan fingerprint density at radius 1 is 0.962 bits per heavy atom. The van der Waals surface area contributed by atoms with E-state index in [4.69, 9.17) is 9.47 Å². The number of hydrogen-bond acceptors (Lipinski definition) is 4. The molecule has 3 aromatic rings. The van der Waals surface area contributed by atoms with Crippen LogP contribution in [0.2, 0.25) is 0 Å². The molecule has 0 amide bonds. The van der Waals surface area contributed by atoms with E-state index in [-0.39, 0.29) is 5.69 Å². The lowest BCUT2D eigenvalue weighted by atomic mass is 10.0. The van der Waals surface area contributed by atoms with Gasteiger partial charge in [0.25, 0.3) is 5.69 Å². The van der Waals surface area contributed by atoms with Crippen LogP contribution in [-0.2, 0) is 6.61 Å². The van der Waals surface area contributed by atoms with Gasteiger partial charge in [0, 0.05) is 17.7 Å². The molecule has 132 valence electrons. The van der Waals surface area contributed by atoms with Gasteiger partial charge in [-0.25, -0.2) is 0 Å². The number of rotatable bonds is 6. The number of nitrogens with zero attached hydrogens (tertiary/aromatic N) is 1. The van der Waals surface area contributed by atoms with Gasteiger partial charge in [-0.2, -0.15) is 0 Å². The second-order valence-corrected chi connectivity index (χ2v) is 5.94. The second-order valence-electron chi connectivity index (χ2n) is 5.94. The number of methoxy groups -OCH3 is 1. The SMILES string of the molecule is COc1ccc(-c2cc([N+](=O)[O-])ccc2OCc2ccc(C)cc2)cc1. The van der Waals surface area contributed by atoms with Crippen molar-refractivity contribution in [3.63, 3.8) is 0 Å². The summed E-state index contributed by atoms with van der Waals surface area (Å²) >= 11 is 0. The summed E-state index contributed by atoms with van der Waals surface area (Å²) in [6.07, 6.45) is 0. The molecule has 0 aliphatic rings. The molecule has 0 fully saturated rings. The highest BCUT2D eigenvalue weighted by Gasteiger charge is 2.14. The molecule has 0 aromatic heterocycles.